The Hall–Kier alpha value is -1.46. The molecule has 1 atom stereocenters. The van der Waals surface area contributed by atoms with E-state index in [1.165, 1.54) is 32.4 Å². The molecule has 20 heavy (non-hydrogen) atoms. The number of piperidine rings is 1. The topological polar surface area (TPSA) is 12.5 Å². The molecule has 1 aromatic carbocycles. The summed E-state index contributed by atoms with van der Waals surface area (Å²) < 4.78 is 5.95. The van der Waals surface area contributed by atoms with Crippen LogP contribution in [0.5, 0.6) is 5.75 Å². The average molecular weight is 271 g/mol. The van der Waals surface area contributed by atoms with E-state index in [0.29, 0.717) is 0 Å². The Morgan fingerprint density at radius 2 is 1.90 bits per heavy atom. The van der Waals surface area contributed by atoms with Gasteiger partial charge in [-0.2, -0.15) is 0 Å². The van der Waals surface area contributed by atoms with Gasteiger partial charge in [0.2, 0.25) is 0 Å². The molecule has 1 fully saturated rings. The minimum atomic E-state index is 0.0205. The van der Waals surface area contributed by atoms with Crippen LogP contribution in [-0.4, -0.2) is 30.6 Å². The molecule has 0 N–H and O–H groups in total. The Balaban J connectivity index is 1.85. The summed E-state index contributed by atoms with van der Waals surface area (Å²) in [6.07, 6.45) is 6.12. The average Bonchev–Trinajstić information content (AvgIpc) is 2.49. The van der Waals surface area contributed by atoms with Crippen LogP contribution in [0.2, 0.25) is 0 Å². The molecule has 0 aromatic heterocycles. The van der Waals surface area contributed by atoms with Crippen LogP contribution < -0.4 is 4.74 Å². The number of hydrogen-bond donors (Lipinski definition) is 0. The molecular formula is C18H25NO. The minimum absolute atomic E-state index is 0.0205. The van der Waals surface area contributed by atoms with Crippen molar-refractivity contribution in [1.82, 2.24) is 4.90 Å². The predicted molar refractivity (Wildman–Crippen MR) is 83.8 cm³/mol. The van der Waals surface area contributed by atoms with Crippen molar-refractivity contribution < 1.29 is 4.74 Å². The second kappa shape index (κ2) is 8.66. The molecule has 1 unspecified atom stereocenters. The molecule has 1 aliphatic rings. The van der Waals surface area contributed by atoms with Gasteiger partial charge in [0.15, 0.2) is 6.10 Å². The molecule has 0 amide bonds. The maximum atomic E-state index is 5.95. The molecule has 2 heteroatoms. The van der Waals surface area contributed by atoms with Crippen LogP contribution in [0.1, 0.15) is 39.0 Å². The summed E-state index contributed by atoms with van der Waals surface area (Å²) in [7, 11) is 0. The van der Waals surface area contributed by atoms with Crippen molar-refractivity contribution in [1.29, 1.82) is 0 Å². The van der Waals surface area contributed by atoms with E-state index in [1.54, 1.807) is 0 Å². The van der Waals surface area contributed by atoms with E-state index >= 15 is 0 Å². The predicted octanol–water partition coefficient (Wildman–Crippen LogP) is 3.72. The zero-order chi connectivity index (χ0) is 14.0. The largest absolute Gasteiger partial charge is 0.478 e. The monoisotopic (exact) mass is 271 g/mol. The lowest BCUT2D eigenvalue weighted by Gasteiger charge is -2.24. The number of ether oxygens (including phenoxy) is 1. The Morgan fingerprint density at radius 1 is 1.15 bits per heavy atom. The highest BCUT2D eigenvalue weighted by atomic mass is 16.5. The maximum Gasteiger partial charge on any atom is 0.159 e. The van der Waals surface area contributed by atoms with Crippen LogP contribution in [0.3, 0.4) is 0 Å². The summed E-state index contributed by atoms with van der Waals surface area (Å²) in [6.45, 7) is 5.46. The number of nitrogens with zero attached hydrogens (tertiary/aromatic N) is 1. The fourth-order valence-electron chi connectivity index (χ4n) is 2.47. The lowest BCUT2D eigenvalue weighted by atomic mass is 10.1. The van der Waals surface area contributed by atoms with Gasteiger partial charge in [-0.25, -0.2) is 0 Å². The molecule has 0 bridgehead atoms. The van der Waals surface area contributed by atoms with Gasteiger partial charge in [0.25, 0.3) is 0 Å². The number of benzene rings is 1. The van der Waals surface area contributed by atoms with Crippen LogP contribution in [0.15, 0.2) is 30.3 Å². The molecule has 1 saturated heterocycles. The lowest BCUT2D eigenvalue weighted by Crippen LogP contribution is -2.30. The van der Waals surface area contributed by atoms with E-state index in [4.69, 9.17) is 4.74 Å². The van der Waals surface area contributed by atoms with Crippen molar-refractivity contribution in [2.24, 2.45) is 0 Å². The van der Waals surface area contributed by atoms with Crippen molar-refractivity contribution in [3.63, 3.8) is 0 Å². The van der Waals surface area contributed by atoms with Gasteiger partial charge in [0.1, 0.15) is 5.75 Å². The highest BCUT2D eigenvalue weighted by molar-refractivity contribution is 5.23. The van der Waals surface area contributed by atoms with Crippen molar-refractivity contribution in [3.8, 4) is 17.6 Å². The van der Waals surface area contributed by atoms with E-state index in [9.17, 15) is 0 Å². The zero-order valence-corrected chi connectivity index (χ0v) is 12.5. The van der Waals surface area contributed by atoms with Crippen LogP contribution in [0.4, 0.5) is 0 Å². The first-order chi connectivity index (χ1) is 9.88. The smallest absolute Gasteiger partial charge is 0.159 e. The fraction of sp³-hybridized carbons (Fsp3) is 0.556. The number of para-hydroxylation sites is 1. The van der Waals surface area contributed by atoms with Crippen LogP contribution in [0, 0.1) is 11.8 Å². The zero-order valence-electron chi connectivity index (χ0n) is 12.5. The third kappa shape index (κ3) is 5.27. The molecule has 1 heterocycles. The molecular weight excluding hydrogens is 246 g/mol. The molecule has 0 saturated carbocycles. The third-order valence-corrected chi connectivity index (χ3v) is 3.59. The van der Waals surface area contributed by atoms with Gasteiger partial charge < -0.3 is 4.74 Å². The molecule has 108 valence electrons. The number of rotatable bonds is 5. The molecule has 0 radical (unpaired) electrons. The summed E-state index contributed by atoms with van der Waals surface area (Å²) in [6, 6.07) is 9.99. The molecule has 0 spiro atoms. The standard InChI is InChI=1S/C18H25NO/c1-2-10-17(20-18-11-5-3-6-12-18)13-9-16-19-14-7-4-8-15-19/h3,5-6,11-12,17H,2,4,7-8,10,14-16H2,1H3. The Kier molecular flexibility index (Phi) is 6.47. The van der Waals surface area contributed by atoms with Gasteiger partial charge in [0.05, 0.1) is 6.54 Å². The fourth-order valence-corrected chi connectivity index (χ4v) is 2.47. The van der Waals surface area contributed by atoms with Crippen molar-refractivity contribution >= 4 is 0 Å². The first-order valence-corrected chi connectivity index (χ1v) is 7.81. The highest BCUT2D eigenvalue weighted by Gasteiger charge is 2.09. The first-order valence-electron chi connectivity index (χ1n) is 7.81. The summed E-state index contributed by atoms with van der Waals surface area (Å²) in [5.74, 6) is 7.53. The highest BCUT2D eigenvalue weighted by Crippen LogP contribution is 2.13. The molecule has 2 rings (SSSR count). The molecule has 2 nitrogen and oxygen atoms in total. The van der Waals surface area contributed by atoms with Gasteiger partial charge in [0, 0.05) is 0 Å². The SMILES string of the molecule is CCCC(C#CCN1CCCCC1)Oc1ccccc1. The van der Waals surface area contributed by atoms with Crippen LogP contribution >= 0.6 is 0 Å². The minimum Gasteiger partial charge on any atom is -0.478 e. The van der Waals surface area contributed by atoms with E-state index in [1.807, 2.05) is 30.3 Å². The molecule has 1 aromatic rings. The van der Waals surface area contributed by atoms with Crippen LogP contribution in [-0.2, 0) is 0 Å². The second-order valence-electron chi connectivity index (χ2n) is 5.37. The summed E-state index contributed by atoms with van der Waals surface area (Å²) in [5, 5.41) is 0. The van der Waals surface area contributed by atoms with E-state index in [0.717, 1.165) is 25.1 Å². The van der Waals surface area contributed by atoms with Crippen molar-refractivity contribution in [2.45, 2.75) is 45.1 Å². The maximum absolute atomic E-state index is 5.95. The quantitative estimate of drug-likeness (QED) is 0.757. The van der Waals surface area contributed by atoms with Crippen molar-refractivity contribution in [2.75, 3.05) is 19.6 Å². The summed E-state index contributed by atoms with van der Waals surface area (Å²) >= 11 is 0. The van der Waals surface area contributed by atoms with Crippen molar-refractivity contribution in [3.05, 3.63) is 30.3 Å². The van der Waals surface area contributed by atoms with E-state index in [-0.39, 0.29) is 6.10 Å². The number of hydrogen-bond acceptors (Lipinski definition) is 2. The molecule has 1 aliphatic heterocycles. The third-order valence-electron chi connectivity index (χ3n) is 3.59. The number of likely N-dealkylation sites (tertiary alicyclic amines) is 1. The van der Waals surface area contributed by atoms with Gasteiger partial charge in [-0.3, -0.25) is 4.90 Å². The van der Waals surface area contributed by atoms with Gasteiger partial charge in [-0.1, -0.05) is 49.8 Å². The summed E-state index contributed by atoms with van der Waals surface area (Å²) in [5.41, 5.74) is 0. The lowest BCUT2D eigenvalue weighted by molar-refractivity contribution is 0.243. The van der Waals surface area contributed by atoms with Crippen LogP contribution in [0.25, 0.3) is 0 Å². The molecule has 0 aliphatic carbocycles. The van der Waals surface area contributed by atoms with Gasteiger partial charge in [-0.15, -0.1) is 0 Å². The normalized spacial score (nSPS) is 17.1. The second-order valence-corrected chi connectivity index (χ2v) is 5.37. The Labute approximate surface area is 123 Å². The van der Waals surface area contributed by atoms with Gasteiger partial charge in [-0.05, 0) is 44.5 Å². The Bertz CT molecular complexity index is 426. The first kappa shape index (κ1) is 14.9. The summed E-state index contributed by atoms with van der Waals surface area (Å²) in [4.78, 5) is 2.45. The van der Waals surface area contributed by atoms with E-state index < -0.39 is 0 Å². The Morgan fingerprint density at radius 3 is 2.60 bits per heavy atom. The van der Waals surface area contributed by atoms with E-state index in [2.05, 4.69) is 23.7 Å². The van der Waals surface area contributed by atoms with Gasteiger partial charge >= 0.3 is 0 Å².